The Morgan fingerprint density at radius 1 is 1.30 bits per heavy atom. The lowest BCUT2D eigenvalue weighted by Crippen LogP contribution is -2.37. The van der Waals surface area contributed by atoms with Crippen LogP contribution in [0, 0.1) is 12.3 Å². The molecule has 1 heterocycles. The quantitative estimate of drug-likeness (QED) is 0.241. The van der Waals surface area contributed by atoms with Crippen LogP contribution >= 0.6 is 24.0 Å². The summed E-state index contributed by atoms with van der Waals surface area (Å²) < 4.78 is 0. The van der Waals surface area contributed by atoms with E-state index in [-0.39, 0.29) is 24.0 Å². The van der Waals surface area contributed by atoms with Crippen LogP contribution in [0.2, 0.25) is 0 Å². The number of hydrogen-bond acceptors (Lipinski definition) is 2. The molecule has 126 valence electrons. The maximum atomic E-state index is 5.26. The molecule has 5 heteroatoms. The first-order valence-corrected chi connectivity index (χ1v) is 8.08. The van der Waals surface area contributed by atoms with E-state index >= 15 is 0 Å². The van der Waals surface area contributed by atoms with Crippen molar-refractivity contribution in [3.63, 3.8) is 0 Å². The molecule has 1 aliphatic rings. The first kappa shape index (κ1) is 19.8. The Bertz CT molecular complexity index is 536. The second-order valence-electron chi connectivity index (χ2n) is 5.47. The summed E-state index contributed by atoms with van der Waals surface area (Å²) in [6.45, 7) is 7.53. The normalized spacial score (nSPS) is 14.3. The van der Waals surface area contributed by atoms with Crippen molar-refractivity contribution in [2.24, 2.45) is 4.99 Å². The van der Waals surface area contributed by atoms with Gasteiger partial charge in [-0.25, -0.2) is 0 Å². The Labute approximate surface area is 157 Å². The number of rotatable bonds is 6. The predicted molar refractivity (Wildman–Crippen MR) is 108 cm³/mol. The number of nitrogens with one attached hydrogen (secondary N) is 2. The molecule has 0 amide bonds. The molecule has 1 aromatic rings. The maximum Gasteiger partial charge on any atom is 0.192 e. The highest BCUT2D eigenvalue weighted by Crippen LogP contribution is 2.18. The van der Waals surface area contributed by atoms with Crippen LogP contribution in [-0.4, -0.2) is 43.6 Å². The van der Waals surface area contributed by atoms with Gasteiger partial charge in [0.1, 0.15) is 0 Å². The van der Waals surface area contributed by atoms with Crippen LogP contribution in [0.5, 0.6) is 0 Å². The van der Waals surface area contributed by atoms with Crippen molar-refractivity contribution >= 4 is 29.9 Å². The molecule has 0 saturated heterocycles. The Kier molecular flexibility index (Phi) is 9.72. The van der Waals surface area contributed by atoms with Gasteiger partial charge in [-0.05, 0) is 30.9 Å². The van der Waals surface area contributed by atoms with Crippen LogP contribution in [0.3, 0.4) is 0 Å². The van der Waals surface area contributed by atoms with E-state index < -0.39 is 0 Å². The molecule has 0 bridgehead atoms. The number of fused-ring (bicyclic) bond motifs is 1. The second-order valence-corrected chi connectivity index (χ2v) is 5.47. The molecule has 0 saturated carbocycles. The van der Waals surface area contributed by atoms with Gasteiger partial charge in [0.2, 0.25) is 0 Å². The molecule has 0 aliphatic carbocycles. The highest BCUT2D eigenvalue weighted by Gasteiger charge is 2.14. The zero-order valence-electron chi connectivity index (χ0n) is 13.8. The van der Waals surface area contributed by atoms with Gasteiger partial charge >= 0.3 is 0 Å². The van der Waals surface area contributed by atoms with Crippen molar-refractivity contribution in [2.75, 3.05) is 32.7 Å². The van der Waals surface area contributed by atoms with E-state index in [0.29, 0.717) is 6.54 Å². The van der Waals surface area contributed by atoms with Crippen molar-refractivity contribution in [3.8, 4) is 12.3 Å². The summed E-state index contributed by atoms with van der Waals surface area (Å²) in [7, 11) is 0. The van der Waals surface area contributed by atoms with Gasteiger partial charge in [-0.15, -0.1) is 30.4 Å². The molecule has 0 aromatic heterocycles. The minimum atomic E-state index is 0. The fraction of sp³-hybridized carbons (Fsp3) is 0.500. The molecule has 1 aromatic carbocycles. The van der Waals surface area contributed by atoms with Gasteiger partial charge in [-0.2, -0.15) is 0 Å². The van der Waals surface area contributed by atoms with Crippen LogP contribution in [0.4, 0.5) is 0 Å². The third-order valence-corrected chi connectivity index (χ3v) is 3.81. The standard InChI is InChI=1S/C18H26N4.HI/c1-3-11-20-18(19-4-2)21-12-7-13-22-14-10-16-8-5-6-9-17(16)15-22;/h1,5-6,8-9H,4,7,10-15H2,2H3,(H2,19,20,21);1H. The average Bonchev–Trinajstić information content (AvgIpc) is 2.56. The molecular formula is C18H27IN4. The van der Waals surface area contributed by atoms with Gasteiger partial charge in [-0.3, -0.25) is 9.89 Å². The number of nitrogens with zero attached hydrogens (tertiary/aromatic N) is 2. The van der Waals surface area contributed by atoms with Crippen molar-refractivity contribution in [1.29, 1.82) is 0 Å². The Morgan fingerprint density at radius 2 is 2.09 bits per heavy atom. The summed E-state index contributed by atoms with van der Waals surface area (Å²) >= 11 is 0. The van der Waals surface area contributed by atoms with Gasteiger partial charge < -0.3 is 10.6 Å². The van der Waals surface area contributed by atoms with Gasteiger partial charge in [0, 0.05) is 32.7 Å². The Morgan fingerprint density at radius 3 is 2.83 bits per heavy atom. The smallest absolute Gasteiger partial charge is 0.192 e. The number of hydrogen-bond donors (Lipinski definition) is 2. The summed E-state index contributed by atoms with van der Waals surface area (Å²) in [5.41, 5.74) is 2.98. The molecule has 0 atom stereocenters. The number of benzene rings is 1. The third kappa shape index (κ3) is 6.80. The highest BCUT2D eigenvalue weighted by molar-refractivity contribution is 14.0. The molecule has 2 rings (SSSR count). The minimum absolute atomic E-state index is 0. The average molecular weight is 426 g/mol. The molecule has 0 fully saturated rings. The summed E-state index contributed by atoms with van der Waals surface area (Å²) in [5, 5.41) is 6.31. The fourth-order valence-corrected chi connectivity index (χ4v) is 2.71. The fourth-order valence-electron chi connectivity index (χ4n) is 2.71. The van der Waals surface area contributed by atoms with E-state index in [9.17, 15) is 0 Å². The molecular weight excluding hydrogens is 399 g/mol. The minimum Gasteiger partial charge on any atom is -0.357 e. The van der Waals surface area contributed by atoms with Crippen LogP contribution in [0.1, 0.15) is 24.5 Å². The molecule has 23 heavy (non-hydrogen) atoms. The topological polar surface area (TPSA) is 39.7 Å². The lowest BCUT2D eigenvalue weighted by atomic mass is 10.00. The van der Waals surface area contributed by atoms with Gasteiger partial charge in [0.25, 0.3) is 0 Å². The zero-order valence-corrected chi connectivity index (χ0v) is 16.2. The Hall–Kier alpha value is -1.26. The zero-order chi connectivity index (χ0) is 15.6. The van der Waals surface area contributed by atoms with E-state index in [1.165, 1.54) is 11.1 Å². The van der Waals surface area contributed by atoms with Gasteiger partial charge in [-0.1, -0.05) is 30.2 Å². The van der Waals surface area contributed by atoms with E-state index in [2.05, 4.69) is 57.6 Å². The van der Waals surface area contributed by atoms with Crippen molar-refractivity contribution in [1.82, 2.24) is 15.5 Å². The van der Waals surface area contributed by atoms with Crippen LogP contribution in [0.25, 0.3) is 0 Å². The van der Waals surface area contributed by atoms with E-state index in [4.69, 9.17) is 6.42 Å². The molecule has 1 aliphatic heterocycles. The Balaban J connectivity index is 0.00000264. The third-order valence-electron chi connectivity index (χ3n) is 3.81. The first-order chi connectivity index (χ1) is 10.8. The molecule has 0 spiro atoms. The van der Waals surface area contributed by atoms with Gasteiger partial charge in [0.05, 0.1) is 6.54 Å². The number of halogens is 1. The predicted octanol–water partition coefficient (Wildman–Crippen LogP) is 2.24. The summed E-state index contributed by atoms with van der Waals surface area (Å²) in [6.07, 6.45) is 7.49. The second kappa shape index (κ2) is 11.3. The van der Waals surface area contributed by atoms with Gasteiger partial charge in [0.15, 0.2) is 5.96 Å². The largest absolute Gasteiger partial charge is 0.357 e. The summed E-state index contributed by atoms with van der Waals surface area (Å²) in [6, 6.07) is 8.75. The van der Waals surface area contributed by atoms with Crippen LogP contribution in [-0.2, 0) is 13.0 Å². The van der Waals surface area contributed by atoms with Crippen LogP contribution < -0.4 is 10.6 Å². The summed E-state index contributed by atoms with van der Waals surface area (Å²) in [4.78, 5) is 7.07. The first-order valence-electron chi connectivity index (χ1n) is 8.08. The van der Waals surface area contributed by atoms with E-state index in [0.717, 1.165) is 51.5 Å². The van der Waals surface area contributed by atoms with E-state index in [1.54, 1.807) is 0 Å². The lowest BCUT2D eigenvalue weighted by molar-refractivity contribution is 0.252. The number of terminal acetylenes is 1. The van der Waals surface area contributed by atoms with Crippen molar-refractivity contribution in [2.45, 2.75) is 26.3 Å². The van der Waals surface area contributed by atoms with E-state index in [1.807, 2.05) is 0 Å². The molecule has 2 N–H and O–H groups in total. The highest BCUT2D eigenvalue weighted by atomic mass is 127. The van der Waals surface area contributed by atoms with Crippen molar-refractivity contribution in [3.05, 3.63) is 35.4 Å². The number of guanidine groups is 1. The van der Waals surface area contributed by atoms with Crippen LogP contribution in [0.15, 0.2) is 29.3 Å². The maximum absolute atomic E-state index is 5.26. The SMILES string of the molecule is C#CCNC(=NCCCN1CCc2ccccc2C1)NCC.I. The lowest BCUT2D eigenvalue weighted by Gasteiger charge is -2.28. The summed E-state index contributed by atoms with van der Waals surface area (Å²) in [5.74, 6) is 3.38. The number of aliphatic imine (C=N–C) groups is 1. The molecule has 4 nitrogen and oxygen atoms in total. The molecule has 0 radical (unpaired) electrons. The monoisotopic (exact) mass is 426 g/mol. The molecule has 0 unspecified atom stereocenters. The van der Waals surface area contributed by atoms with Crippen molar-refractivity contribution < 1.29 is 0 Å².